The Morgan fingerprint density at radius 3 is 2.37 bits per heavy atom. The van der Waals surface area contributed by atoms with Crippen LogP contribution in [0.5, 0.6) is 0 Å². The first kappa shape index (κ1) is 26.2. The molecule has 0 bridgehead atoms. The first-order chi connectivity index (χ1) is 16.6. The van der Waals surface area contributed by atoms with Crippen LogP contribution in [0, 0.1) is 0 Å². The van der Waals surface area contributed by atoms with E-state index >= 15 is 0 Å². The number of carbonyl (C=O) groups excluding carboxylic acids is 1. The monoisotopic (exact) mass is 505 g/mol. The second-order valence-corrected chi connectivity index (χ2v) is 8.23. The topological polar surface area (TPSA) is 75.6 Å². The molecule has 5 nitrogen and oxygen atoms in total. The number of esters is 1. The first-order valence-electron chi connectivity index (χ1n) is 10.7. The van der Waals surface area contributed by atoms with Crippen LogP contribution in [0.1, 0.15) is 28.7 Å². The van der Waals surface area contributed by atoms with E-state index in [9.17, 15) is 22.8 Å². The summed E-state index contributed by atoms with van der Waals surface area (Å²) >= 11 is 6.31. The normalized spacial score (nSPS) is 11.3. The molecule has 0 radical (unpaired) electrons. The second kappa shape index (κ2) is 11.9. The van der Waals surface area contributed by atoms with E-state index in [1.165, 1.54) is 12.1 Å². The molecular formula is C26H23ClF3NO4. The Kier molecular flexibility index (Phi) is 8.89. The van der Waals surface area contributed by atoms with Crippen molar-refractivity contribution in [2.24, 2.45) is 0 Å². The van der Waals surface area contributed by atoms with E-state index < -0.39 is 23.7 Å². The zero-order valence-corrected chi connectivity index (χ0v) is 19.3. The summed E-state index contributed by atoms with van der Waals surface area (Å²) in [6.45, 7) is 0.365. The Morgan fingerprint density at radius 2 is 1.69 bits per heavy atom. The minimum absolute atomic E-state index is 0.0324. The number of hydrogen-bond donors (Lipinski definition) is 2. The van der Waals surface area contributed by atoms with Gasteiger partial charge in [0.25, 0.3) is 0 Å². The van der Waals surface area contributed by atoms with Crippen LogP contribution in [0.2, 0.25) is 5.02 Å². The molecule has 3 rings (SSSR count). The Labute approximate surface area is 205 Å². The van der Waals surface area contributed by atoms with Crippen LogP contribution >= 0.6 is 11.6 Å². The lowest BCUT2D eigenvalue weighted by Crippen LogP contribution is -2.20. The molecule has 9 heteroatoms. The smallest absolute Gasteiger partial charge is 0.416 e. The van der Waals surface area contributed by atoms with E-state index in [1.807, 2.05) is 30.3 Å². The van der Waals surface area contributed by atoms with Gasteiger partial charge in [-0.25, -0.2) is 0 Å². The Bertz CT molecular complexity index is 1180. The van der Waals surface area contributed by atoms with Gasteiger partial charge in [0.15, 0.2) is 0 Å². The molecule has 0 saturated heterocycles. The minimum atomic E-state index is -4.54. The summed E-state index contributed by atoms with van der Waals surface area (Å²) in [4.78, 5) is 23.1. The molecule has 0 aromatic heterocycles. The van der Waals surface area contributed by atoms with Gasteiger partial charge in [0.2, 0.25) is 0 Å². The molecule has 3 aromatic carbocycles. The average molecular weight is 506 g/mol. The molecule has 0 amide bonds. The highest BCUT2D eigenvalue weighted by Crippen LogP contribution is 2.36. The first-order valence-corrected chi connectivity index (χ1v) is 11.1. The Morgan fingerprint density at radius 1 is 0.943 bits per heavy atom. The van der Waals surface area contributed by atoms with Crippen molar-refractivity contribution in [3.63, 3.8) is 0 Å². The van der Waals surface area contributed by atoms with E-state index in [-0.39, 0.29) is 37.6 Å². The maximum Gasteiger partial charge on any atom is 0.416 e. The van der Waals surface area contributed by atoms with Crippen molar-refractivity contribution in [2.45, 2.75) is 32.2 Å². The number of carbonyl (C=O) groups is 2. The van der Waals surface area contributed by atoms with Gasteiger partial charge in [-0.2, -0.15) is 13.2 Å². The number of hydrogen-bond acceptors (Lipinski definition) is 4. The van der Waals surface area contributed by atoms with Gasteiger partial charge in [-0.05, 0) is 46.5 Å². The van der Waals surface area contributed by atoms with Crippen LogP contribution < -0.4 is 5.32 Å². The number of rotatable bonds is 10. The summed E-state index contributed by atoms with van der Waals surface area (Å²) in [7, 11) is 0. The Hall–Kier alpha value is -3.36. The zero-order chi connectivity index (χ0) is 25.4. The van der Waals surface area contributed by atoms with Crippen LogP contribution in [0.4, 0.5) is 13.2 Å². The lowest BCUT2D eigenvalue weighted by atomic mass is 9.95. The van der Waals surface area contributed by atoms with E-state index in [4.69, 9.17) is 21.4 Å². The molecule has 2 N–H and O–H groups in total. The zero-order valence-electron chi connectivity index (χ0n) is 18.6. The highest BCUT2D eigenvalue weighted by atomic mass is 35.5. The summed E-state index contributed by atoms with van der Waals surface area (Å²) < 4.78 is 45.2. The van der Waals surface area contributed by atoms with Gasteiger partial charge in [-0.15, -0.1) is 0 Å². The predicted molar refractivity (Wildman–Crippen MR) is 126 cm³/mol. The van der Waals surface area contributed by atoms with Crippen molar-refractivity contribution in [1.29, 1.82) is 0 Å². The number of nitrogens with one attached hydrogen (secondary N) is 1. The highest BCUT2D eigenvalue weighted by molar-refractivity contribution is 6.33. The van der Waals surface area contributed by atoms with E-state index in [0.717, 1.165) is 17.7 Å². The standard InChI is InChI=1S/C26H23ClF3NO4/c27-23-9-6-18(13-24(32)33)12-22(23)21-8-7-20(26(28,29)30)14-19(21)15-31-11-10-25(34)35-16-17-4-2-1-3-5-17/h1-9,12,14,31H,10-11,13,15-16H2,(H,32,33). The van der Waals surface area contributed by atoms with Gasteiger partial charge in [0, 0.05) is 23.7 Å². The van der Waals surface area contributed by atoms with Crippen molar-refractivity contribution in [3.05, 3.63) is 94.0 Å². The maximum atomic E-state index is 13.3. The third-order valence-electron chi connectivity index (χ3n) is 5.17. The van der Waals surface area contributed by atoms with Gasteiger partial charge in [-0.3, -0.25) is 9.59 Å². The van der Waals surface area contributed by atoms with E-state index in [1.54, 1.807) is 12.1 Å². The van der Waals surface area contributed by atoms with Crippen LogP contribution in [0.25, 0.3) is 11.1 Å². The molecule has 0 saturated carbocycles. The fraction of sp³-hybridized carbons (Fsp3) is 0.231. The molecule has 0 aliphatic carbocycles. The van der Waals surface area contributed by atoms with Gasteiger partial charge >= 0.3 is 18.1 Å². The number of halogens is 4. The van der Waals surface area contributed by atoms with Crippen LogP contribution in [0.15, 0.2) is 66.7 Å². The number of benzene rings is 3. The van der Waals surface area contributed by atoms with Crippen molar-refractivity contribution in [3.8, 4) is 11.1 Å². The van der Waals surface area contributed by atoms with Crippen molar-refractivity contribution >= 4 is 23.5 Å². The number of aliphatic carboxylic acids is 1. The summed E-state index contributed by atoms with van der Waals surface area (Å²) in [5, 5.41) is 12.3. The summed E-state index contributed by atoms with van der Waals surface area (Å²) in [5.74, 6) is -1.47. The Balaban J connectivity index is 1.72. The minimum Gasteiger partial charge on any atom is -0.481 e. The van der Waals surface area contributed by atoms with Crippen LogP contribution in [-0.4, -0.2) is 23.6 Å². The second-order valence-electron chi connectivity index (χ2n) is 7.83. The molecule has 0 aliphatic heterocycles. The van der Waals surface area contributed by atoms with Gasteiger partial charge in [-0.1, -0.05) is 54.1 Å². The quantitative estimate of drug-likeness (QED) is 0.266. The molecular weight excluding hydrogens is 483 g/mol. The van der Waals surface area contributed by atoms with E-state index in [0.29, 0.717) is 22.3 Å². The molecule has 0 aliphatic rings. The van der Waals surface area contributed by atoms with E-state index in [2.05, 4.69) is 5.32 Å². The fourth-order valence-corrected chi connectivity index (χ4v) is 3.69. The van der Waals surface area contributed by atoms with Gasteiger partial charge < -0.3 is 15.2 Å². The molecule has 0 heterocycles. The largest absolute Gasteiger partial charge is 0.481 e. The van der Waals surface area contributed by atoms with Crippen LogP contribution in [0.3, 0.4) is 0 Å². The van der Waals surface area contributed by atoms with Crippen molar-refractivity contribution < 1.29 is 32.6 Å². The molecule has 0 atom stereocenters. The SMILES string of the molecule is O=C(O)Cc1ccc(Cl)c(-c2ccc(C(F)(F)F)cc2CNCCC(=O)OCc2ccccc2)c1. The number of carboxylic acids is 1. The number of ether oxygens (including phenoxy) is 1. The lowest BCUT2D eigenvalue weighted by molar-refractivity contribution is -0.145. The lowest BCUT2D eigenvalue weighted by Gasteiger charge is -2.16. The van der Waals surface area contributed by atoms with Crippen molar-refractivity contribution in [1.82, 2.24) is 5.32 Å². The van der Waals surface area contributed by atoms with Crippen molar-refractivity contribution in [2.75, 3.05) is 6.54 Å². The molecule has 0 spiro atoms. The summed E-state index contributed by atoms with van der Waals surface area (Å²) in [6, 6.07) is 17.1. The number of alkyl halides is 3. The maximum absolute atomic E-state index is 13.3. The number of carboxylic acid groups (broad SMARTS) is 1. The predicted octanol–water partition coefficient (Wildman–Crippen LogP) is 5.88. The molecule has 3 aromatic rings. The average Bonchev–Trinajstić information content (AvgIpc) is 2.81. The highest BCUT2D eigenvalue weighted by Gasteiger charge is 2.31. The summed E-state index contributed by atoms with van der Waals surface area (Å²) in [6.07, 6.45) is -4.75. The van der Waals surface area contributed by atoms with Gasteiger partial charge in [0.05, 0.1) is 18.4 Å². The van der Waals surface area contributed by atoms with Crippen LogP contribution in [-0.2, 0) is 40.1 Å². The molecule has 0 unspecified atom stereocenters. The third kappa shape index (κ3) is 7.83. The third-order valence-corrected chi connectivity index (χ3v) is 5.50. The molecule has 0 fully saturated rings. The van der Waals surface area contributed by atoms with Gasteiger partial charge in [0.1, 0.15) is 6.61 Å². The molecule has 35 heavy (non-hydrogen) atoms. The molecule has 184 valence electrons. The summed E-state index contributed by atoms with van der Waals surface area (Å²) in [5.41, 5.74) is 1.68. The fourth-order valence-electron chi connectivity index (χ4n) is 3.47.